The van der Waals surface area contributed by atoms with Crippen molar-refractivity contribution in [1.29, 1.82) is 0 Å². The number of rotatable bonds is 4. The number of nitrogens with zero attached hydrogens (tertiary/aromatic N) is 3. The third-order valence-electron chi connectivity index (χ3n) is 5.02. The number of carbonyl (C=O) groups is 1. The lowest BCUT2D eigenvalue weighted by atomic mass is 9.73. The van der Waals surface area contributed by atoms with E-state index < -0.39 is 6.03 Å². The summed E-state index contributed by atoms with van der Waals surface area (Å²) < 4.78 is 5.75. The van der Waals surface area contributed by atoms with Gasteiger partial charge in [0.25, 0.3) is 5.56 Å². The number of nitrogens with two attached hydrogens (primary N) is 1. The van der Waals surface area contributed by atoms with E-state index in [4.69, 9.17) is 33.7 Å². The minimum atomic E-state index is -0.559. The zero-order chi connectivity index (χ0) is 21.6. The second-order valence-electron chi connectivity index (χ2n) is 7.31. The topological polar surface area (TPSA) is 126 Å². The van der Waals surface area contributed by atoms with E-state index in [1.54, 1.807) is 6.07 Å². The average Bonchev–Trinajstić information content (AvgIpc) is 2.66. The molecule has 1 fully saturated rings. The van der Waals surface area contributed by atoms with Gasteiger partial charge in [-0.05, 0) is 36.8 Å². The number of ether oxygens (including phenoxy) is 1. The second kappa shape index (κ2) is 7.66. The molecule has 0 unspecified atom stereocenters. The molecule has 0 saturated heterocycles. The van der Waals surface area contributed by atoms with Gasteiger partial charge in [-0.2, -0.15) is 5.01 Å². The molecule has 2 heterocycles. The average molecular weight is 449 g/mol. The number of anilines is 1. The van der Waals surface area contributed by atoms with Gasteiger partial charge in [0.05, 0.1) is 21.4 Å². The van der Waals surface area contributed by atoms with Crippen molar-refractivity contribution in [3.63, 3.8) is 0 Å². The van der Waals surface area contributed by atoms with Crippen molar-refractivity contribution < 1.29 is 9.53 Å². The van der Waals surface area contributed by atoms with Gasteiger partial charge in [0.2, 0.25) is 5.88 Å². The van der Waals surface area contributed by atoms with Crippen LogP contribution in [0.3, 0.4) is 0 Å². The van der Waals surface area contributed by atoms with Gasteiger partial charge in [-0.25, -0.2) is 9.89 Å². The Morgan fingerprint density at radius 3 is 2.53 bits per heavy atom. The molecular formula is C19H18Cl2N6O3. The number of hydrogen-bond acceptors (Lipinski definition) is 6. The van der Waals surface area contributed by atoms with Crippen molar-refractivity contribution in [3.8, 4) is 11.6 Å². The molecule has 1 aliphatic heterocycles. The fourth-order valence-corrected chi connectivity index (χ4v) is 3.97. The number of aromatic nitrogens is 2. The first-order valence-corrected chi connectivity index (χ1v) is 9.89. The fourth-order valence-electron chi connectivity index (χ4n) is 3.42. The molecule has 2 amide bonds. The van der Waals surface area contributed by atoms with E-state index in [9.17, 15) is 9.59 Å². The van der Waals surface area contributed by atoms with Crippen LogP contribution in [0.1, 0.15) is 31.2 Å². The van der Waals surface area contributed by atoms with Crippen LogP contribution in [0.2, 0.25) is 10.0 Å². The molecule has 1 aromatic carbocycles. The molecular weight excluding hydrogens is 431 g/mol. The van der Waals surface area contributed by atoms with Crippen LogP contribution in [0, 0.1) is 5.92 Å². The molecule has 0 bridgehead atoms. The number of aromatic amines is 1. The van der Waals surface area contributed by atoms with Crippen LogP contribution in [-0.2, 0) is 0 Å². The maximum atomic E-state index is 12.2. The predicted molar refractivity (Wildman–Crippen MR) is 114 cm³/mol. The van der Waals surface area contributed by atoms with Gasteiger partial charge in [-0.3, -0.25) is 4.79 Å². The maximum Gasteiger partial charge on any atom is 0.347 e. The molecule has 1 aliphatic carbocycles. The summed E-state index contributed by atoms with van der Waals surface area (Å²) in [5.41, 5.74) is 6.59. The largest absolute Gasteiger partial charge is 0.434 e. The second-order valence-corrected chi connectivity index (χ2v) is 8.12. The highest BCUT2D eigenvalue weighted by Crippen LogP contribution is 2.42. The molecule has 0 radical (unpaired) electrons. The number of nitrogens with one attached hydrogen (secondary N) is 2. The number of hydrogen-bond donors (Lipinski definition) is 3. The number of amidine groups is 1. The van der Waals surface area contributed by atoms with Crippen molar-refractivity contribution in [2.75, 3.05) is 5.01 Å². The van der Waals surface area contributed by atoms with E-state index in [1.165, 1.54) is 12.1 Å². The number of halogens is 2. The number of amides is 2. The van der Waals surface area contributed by atoms with Gasteiger partial charge >= 0.3 is 6.03 Å². The highest BCUT2D eigenvalue weighted by atomic mass is 35.5. The Hall–Kier alpha value is -3.04. The molecule has 2 aromatic rings. The smallest absolute Gasteiger partial charge is 0.347 e. The highest BCUT2D eigenvalue weighted by molar-refractivity contribution is 6.37. The lowest BCUT2D eigenvalue weighted by Crippen LogP contribution is -2.45. The molecule has 1 saturated carbocycles. The first kappa shape index (κ1) is 20.2. The summed E-state index contributed by atoms with van der Waals surface area (Å²) in [6.45, 7) is 5.73. The Balaban J connectivity index is 1.62. The number of urea groups is 1. The zero-order valence-electron chi connectivity index (χ0n) is 15.9. The van der Waals surface area contributed by atoms with Crippen LogP contribution in [0.15, 0.2) is 40.4 Å². The van der Waals surface area contributed by atoms with E-state index in [1.807, 2.05) is 0 Å². The maximum absolute atomic E-state index is 12.2. The van der Waals surface area contributed by atoms with Gasteiger partial charge in [0.1, 0.15) is 0 Å². The van der Waals surface area contributed by atoms with Crippen LogP contribution in [-0.4, -0.2) is 22.1 Å². The number of hydrazone groups is 1. The molecule has 2 aliphatic rings. The lowest BCUT2D eigenvalue weighted by Gasteiger charge is -2.32. The van der Waals surface area contributed by atoms with Gasteiger partial charge in [-0.1, -0.05) is 36.7 Å². The minimum absolute atomic E-state index is 0.0532. The van der Waals surface area contributed by atoms with E-state index in [2.05, 4.69) is 34.1 Å². The van der Waals surface area contributed by atoms with E-state index in [0.717, 1.165) is 17.9 Å². The van der Waals surface area contributed by atoms with Gasteiger partial charge in [0, 0.05) is 11.6 Å². The monoisotopic (exact) mass is 448 g/mol. The number of H-pyrrole nitrogens is 1. The number of carbonyl (C=O) groups excluding carboxylic acids is 1. The van der Waals surface area contributed by atoms with E-state index in [-0.39, 0.29) is 50.4 Å². The van der Waals surface area contributed by atoms with E-state index in [0.29, 0.717) is 11.5 Å². The van der Waals surface area contributed by atoms with Crippen LogP contribution in [0.4, 0.5) is 10.5 Å². The van der Waals surface area contributed by atoms with Gasteiger partial charge < -0.3 is 15.8 Å². The summed E-state index contributed by atoms with van der Waals surface area (Å²) in [6.07, 6.45) is 1.88. The van der Waals surface area contributed by atoms with Crippen LogP contribution < -0.4 is 26.4 Å². The van der Waals surface area contributed by atoms with Crippen molar-refractivity contribution in [2.24, 2.45) is 16.8 Å². The van der Waals surface area contributed by atoms with Crippen molar-refractivity contribution in [3.05, 3.63) is 56.4 Å². The first-order valence-electron chi connectivity index (χ1n) is 9.14. The zero-order valence-corrected chi connectivity index (χ0v) is 17.4. The molecule has 0 spiro atoms. The summed E-state index contributed by atoms with van der Waals surface area (Å²) in [5, 5.41) is 14.1. The molecule has 30 heavy (non-hydrogen) atoms. The normalized spacial score (nSPS) is 21.0. The SMILES string of the molecule is C=C1NC(=O)N(c2cc(Cl)c(Oc3cc([C@H]4C[C@H](C)C4)c(=O)[nH]n3)c(Cl)c2)N=C1N. The summed E-state index contributed by atoms with van der Waals surface area (Å²) >= 11 is 12.7. The standard InChI is InChI=1S/C19H18Cl2N6O3/c1-8-3-10(4-8)12-7-15(24-25-18(12)28)30-16-13(20)5-11(6-14(16)21)27-19(29)23-9(2)17(22)26-27/h5-8,10H,2-4H2,1H3,(H2,22,26)(H,23,29)(H,25,28)/t8-,10-. The predicted octanol–water partition coefficient (Wildman–Crippen LogP) is 3.70. The highest BCUT2D eigenvalue weighted by Gasteiger charge is 2.30. The lowest BCUT2D eigenvalue weighted by molar-refractivity contribution is 0.248. The third-order valence-corrected chi connectivity index (χ3v) is 5.59. The summed E-state index contributed by atoms with van der Waals surface area (Å²) in [4.78, 5) is 24.3. The molecule has 11 heteroatoms. The van der Waals surface area contributed by atoms with Crippen LogP contribution in [0.5, 0.6) is 11.6 Å². The molecule has 1 aromatic heterocycles. The molecule has 9 nitrogen and oxygen atoms in total. The van der Waals surface area contributed by atoms with E-state index >= 15 is 0 Å². The summed E-state index contributed by atoms with van der Waals surface area (Å²) in [6, 6.07) is 3.95. The Kier molecular flexibility index (Phi) is 5.17. The van der Waals surface area contributed by atoms with Crippen molar-refractivity contribution in [2.45, 2.75) is 25.7 Å². The Morgan fingerprint density at radius 1 is 1.23 bits per heavy atom. The Bertz CT molecular complexity index is 1120. The Labute approximate surface area is 181 Å². The molecule has 4 rings (SSSR count). The van der Waals surface area contributed by atoms with Crippen LogP contribution in [0.25, 0.3) is 0 Å². The summed E-state index contributed by atoms with van der Waals surface area (Å²) in [7, 11) is 0. The van der Waals surface area contributed by atoms with Crippen molar-refractivity contribution in [1.82, 2.24) is 15.5 Å². The fraction of sp³-hybridized carbons (Fsp3) is 0.263. The summed E-state index contributed by atoms with van der Waals surface area (Å²) in [5.74, 6) is 1.11. The van der Waals surface area contributed by atoms with Crippen LogP contribution >= 0.6 is 23.2 Å². The van der Waals surface area contributed by atoms with Gasteiger partial charge in [0.15, 0.2) is 11.6 Å². The first-order chi connectivity index (χ1) is 14.2. The third kappa shape index (κ3) is 3.73. The minimum Gasteiger partial charge on any atom is -0.434 e. The molecule has 4 N–H and O–H groups in total. The van der Waals surface area contributed by atoms with Crippen molar-refractivity contribution >= 4 is 40.8 Å². The Morgan fingerprint density at radius 2 is 1.90 bits per heavy atom. The van der Waals surface area contributed by atoms with Gasteiger partial charge in [-0.15, -0.1) is 10.2 Å². The molecule has 156 valence electrons. The molecule has 0 atom stereocenters. The quantitative estimate of drug-likeness (QED) is 0.656. The number of benzene rings is 1.